The predicted octanol–water partition coefficient (Wildman–Crippen LogP) is 3.29. The highest BCUT2D eigenvalue weighted by Gasteiger charge is 2.37. The molecule has 4 heteroatoms. The Morgan fingerprint density at radius 2 is 1.79 bits per heavy atom. The van der Waals surface area contributed by atoms with Gasteiger partial charge in [-0.1, -0.05) is 48.5 Å². The van der Waals surface area contributed by atoms with Gasteiger partial charge in [-0.05, 0) is 17.2 Å². The molecule has 120 valence electrons. The zero-order chi connectivity index (χ0) is 16.5. The number of benzene rings is 2. The molecule has 1 amide bonds. The molecule has 0 saturated carbocycles. The van der Waals surface area contributed by atoms with Crippen LogP contribution < -0.4 is 4.90 Å². The molecule has 0 radical (unpaired) electrons. The molecule has 0 N–H and O–H groups in total. The number of aryl methyl sites for hydroxylation is 1. The number of carbonyl (C=O) groups excluding carboxylic acids is 1. The van der Waals surface area contributed by atoms with Crippen LogP contribution in [-0.2, 0) is 24.8 Å². The molecule has 0 saturated heterocycles. The van der Waals surface area contributed by atoms with Crippen molar-refractivity contribution < 1.29 is 4.79 Å². The molecule has 24 heavy (non-hydrogen) atoms. The first-order chi connectivity index (χ1) is 11.7. The fourth-order valence-corrected chi connectivity index (χ4v) is 3.37. The third-order valence-electron chi connectivity index (χ3n) is 4.66. The van der Waals surface area contributed by atoms with Crippen molar-refractivity contribution in [3.63, 3.8) is 0 Å². The van der Waals surface area contributed by atoms with Gasteiger partial charge in [-0.25, -0.2) is 4.98 Å². The van der Waals surface area contributed by atoms with Gasteiger partial charge in [0.1, 0.15) is 5.82 Å². The smallest absolute Gasteiger partial charge is 0.235 e. The van der Waals surface area contributed by atoms with Crippen LogP contribution in [0.1, 0.15) is 22.9 Å². The SMILES string of the molecule is Cn1ccnc1C[C@@H]1C(=O)N(Cc2ccccc2)c2ccccc21. The van der Waals surface area contributed by atoms with Gasteiger partial charge in [-0.2, -0.15) is 0 Å². The first-order valence-corrected chi connectivity index (χ1v) is 8.14. The van der Waals surface area contributed by atoms with Gasteiger partial charge in [0.15, 0.2) is 0 Å². The van der Waals surface area contributed by atoms with E-state index in [4.69, 9.17) is 0 Å². The maximum Gasteiger partial charge on any atom is 0.235 e. The summed E-state index contributed by atoms with van der Waals surface area (Å²) in [4.78, 5) is 19.4. The van der Waals surface area contributed by atoms with Crippen LogP contribution in [0.5, 0.6) is 0 Å². The van der Waals surface area contributed by atoms with E-state index in [-0.39, 0.29) is 11.8 Å². The van der Waals surface area contributed by atoms with Gasteiger partial charge in [0.25, 0.3) is 0 Å². The number of imidazole rings is 1. The molecular formula is C20H19N3O. The number of hydrogen-bond acceptors (Lipinski definition) is 2. The molecular weight excluding hydrogens is 298 g/mol. The molecule has 2 aromatic carbocycles. The molecule has 0 fully saturated rings. The third-order valence-corrected chi connectivity index (χ3v) is 4.66. The lowest BCUT2D eigenvalue weighted by molar-refractivity contribution is -0.119. The largest absolute Gasteiger partial charge is 0.338 e. The molecule has 0 bridgehead atoms. The van der Waals surface area contributed by atoms with E-state index in [0.717, 1.165) is 22.6 Å². The van der Waals surface area contributed by atoms with Gasteiger partial charge < -0.3 is 9.47 Å². The molecule has 1 aliphatic rings. The second-order valence-corrected chi connectivity index (χ2v) is 6.18. The van der Waals surface area contributed by atoms with Crippen molar-refractivity contribution >= 4 is 11.6 Å². The van der Waals surface area contributed by atoms with Gasteiger partial charge >= 0.3 is 0 Å². The number of carbonyl (C=O) groups is 1. The van der Waals surface area contributed by atoms with E-state index in [9.17, 15) is 4.79 Å². The monoisotopic (exact) mass is 317 g/mol. The molecule has 4 nitrogen and oxygen atoms in total. The third kappa shape index (κ3) is 2.50. The Kier molecular flexibility index (Phi) is 3.65. The van der Waals surface area contributed by atoms with Crippen molar-refractivity contribution in [2.45, 2.75) is 18.9 Å². The van der Waals surface area contributed by atoms with E-state index in [0.29, 0.717) is 13.0 Å². The zero-order valence-electron chi connectivity index (χ0n) is 13.6. The van der Waals surface area contributed by atoms with Crippen LogP contribution in [0.15, 0.2) is 67.0 Å². The summed E-state index contributed by atoms with van der Waals surface area (Å²) in [7, 11) is 1.97. The highest BCUT2D eigenvalue weighted by Crippen LogP contribution is 2.39. The summed E-state index contributed by atoms with van der Waals surface area (Å²) < 4.78 is 1.98. The van der Waals surface area contributed by atoms with E-state index in [1.165, 1.54) is 0 Å². The minimum atomic E-state index is -0.161. The number of fused-ring (bicyclic) bond motifs is 1. The molecule has 4 rings (SSSR count). The topological polar surface area (TPSA) is 38.1 Å². The van der Waals surface area contributed by atoms with Crippen LogP contribution in [0.25, 0.3) is 0 Å². The molecule has 1 atom stereocenters. The fourth-order valence-electron chi connectivity index (χ4n) is 3.37. The maximum atomic E-state index is 13.1. The minimum absolute atomic E-state index is 0.156. The van der Waals surface area contributed by atoms with E-state index in [2.05, 4.69) is 23.2 Å². The average molecular weight is 317 g/mol. The van der Waals surface area contributed by atoms with Crippen LogP contribution >= 0.6 is 0 Å². The van der Waals surface area contributed by atoms with Gasteiger partial charge in [-0.15, -0.1) is 0 Å². The minimum Gasteiger partial charge on any atom is -0.338 e. The number of anilines is 1. The summed E-state index contributed by atoms with van der Waals surface area (Å²) in [6.07, 6.45) is 4.33. The Morgan fingerprint density at radius 3 is 2.54 bits per heavy atom. The summed E-state index contributed by atoms with van der Waals surface area (Å²) in [5, 5.41) is 0. The molecule has 0 aliphatic carbocycles. The van der Waals surface area contributed by atoms with Gasteiger partial charge in [0, 0.05) is 31.5 Å². The van der Waals surface area contributed by atoms with Crippen LogP contribution in [0.2, 0.25) is 0 Å². The first kappa shape index (κ1) is 14.7. The standard InChI is InChI=1S/C20H19N3O/c1-22-12-11-21-19(22)13-17-16-9-5-6-10-18(16)23(20(17)24)14-15-7-3-2-4-8-15/h2-12,17H,13-14H2,1H3/t17-/m0/s1. The normalized spacial score (nSPS) is 16.5. The van der Waals surface area contributed by atoms with Crippen LogP contribution in [-0.4, -0.2) is 15.5 Å². The van der Waals surface area contributed by atoms with E-state index < -0.39 is 0 Å². The second-order valence-electron chi connectivity index (χ2n) is 6.18. The van der Waals surface area contributed by atoms with Crippen molar-refractivity contribution in [2.75, 3.05) is 4.90 Å². The van der Waals surface area contributed by atoms with Crippen LogP contribution in [0.4, 0.5) is 5.69 Å². The number of aromatic nitrogens is 2. The van der Waals surface area contributed by atoms with Crippen LogP contribution in [0.3, 0.4) is 0 Å². The average Bonchev–Trinajstić information content (AvgIpc) is 3.13. The maximum absolute atomic E-state index is 13.1. The lowest BCUT2D eigenvalue weighted by atomic mass is 9.97. The summed E-state index contributed by atoms with van der Waals surface area (Å²) in [6, 6.07) is 18.2. The molecule has 2 heterocycles. The lowest BCUT2D eigenvalue weighted by Crippen LogP contribution is -2.29. The first-order valence-electron chi connectivity index (χ1n) is 8.14. The summed E-state index contributed by atoms with van der Waals surface area (Å²) in [5.41, 5.74) is 3.25. The summed E-state index contributed by atoms with van der Waals surface area (Å²) >= 11 is 0. The Balaban J connectivity index is 1.67. The van der Waals surface area contributed by atoms with Crippen molar-refractivity contribution in [1.82, 2.24) is 9.55 Å². The van der Waals surface area contributed by atoms with Crippen molar-refractivity contribution in [3.05, 3.63) is 83.9 Å². The molecule has 0 unspecified atom stereocenters. The fraction of sp³-hybridized carbons (Fsp3) is 0.200. The van der Waals surface area contributed by atoms with Crippen molar-refractivity contribution in [3.8, 4) is 0 Å². The summed E-state index contributed by atoms with van der Waals surface area (Å²) in [6.45, 7) is 0.605. The van der Waals surface area contributed by atoms with E-state index >= 15 is 0 Å². The highest BCUT2D eigenvalue weighted by molar-refractivity contribution is 6.04. The Labute approximate surface area is 141 Å². The molecule has 3 aromatic rings. The number of nitrogens with zero attached hydrogens (tertiary/aromatic N) is 3. The van der Waals surface area contributed by atoms with Gasteiger partial charge in [0.05, 0.1) is 12.5 Å². The highest BCUT2D eigenvalue weighted by atomic mass is 16.2. The molecule has 1 aliphatic heterocycles. The van der Waals surface area contributed by atoms with Crippen molar-refractivity contribution in [2.24, 2.45) is 7.05 Å². The molecule has 0 spiro atoms. The number of para-hydroxylation sites is 1. The molecule has 1 aromatic heterocycles. The quantitative estimate of drug-likeness (QED) is 0.740. The van der Waals surface area contributed by atoms with E-state index in [1.807, 2.05) is 59.1 Å². The summed E-state index contributed by atoms with van der Waals surface area (Å²) in [5.74, 6) is 0.929. The number of rotatable bonds is 4. The van der Waals surface area contributed by atoms with E-state index in [1.54, 1.807) is 6.20 Å². The number of amides is 1. The Hall–Kier alpha value is -2.88. The Morgan fingerprint density at radius 1 is 1.04 bits per heavy atom. The van der Waals surface area contributed by atoms with Crippen molar-refractivity contribution in [1.29, 1.82) is 0 Å². The van der Waals surface area contributed by atoms with Gasteiger partial charge in [0.2, 0.25) is 5.91 Å². The van der Waals surface area contributed by atoms with Gasteiger partial charge in [-0.3, -0.25) is 4.79 Å². The second kappa shape index (κ2) is 5.96. The lowest BCUT2D eigenvalue weighted by Gasteiger charge is -2.18. The van der Waals surface area contributed by atoms with Crippen LogP contribution in [0, 0.1) is 0 Å². The Bertz CT molecular complexity index is 869. The zero-order valence-corrected chi connectivity index (χ0v) is 13.6. The number of hydrogen-bond donors (Lipinski definition) is 0. The predicted molar refractivity (Wildman–Crippen MR) is 93.7 cm³/mol.